The first-order valence-electron chi connectivity index (χ1n) is 7.21. The van der Waals surface area contributed by atoms with Crippen LogP contribution < -0.4 is 5.32 Å². The summed E-state index contributed by atoms with van der Waals surface area (Å²) in [5, 5.41) is 15.6. The van der Waals surface area contributed by atoms with Crippen LogP contribution in [-0.2, 0) is 0 Å². The van der Waals surface area contributed by atoms with Gasteiger partial charge in [0.15, 0.2) is 6.19 Å². The summed E-state index contributed by atoms with van der Waals surface area (Å²) in [5.74, 6) is 0.235. The van der Waals surface area contributed by atoms with E-state index in [0.717, 1.165) is 18.5 Å². The maximum absolute atomic E-state index is 12.1. The summed E-state index contributed by atoms with van der Waals surface area (Å²) in [6.45, 7) is 2.00. The minimum Gasteiger partial charge on any atom is -0.350 e. The first-order valence-corrected chi connectivity index (χ1v) is 7.21. The molecule has 1 atom stereocenters. The van der Waals surface area contributed by atoms with Gasteiger partial charge in [0.05, 0.1) is 0 Å². The molecule has 0 aliphatic carbocycles. The lowest BCUT2D eigenvalue weighted by atomic mass is 10.1. The molecule has 1 unspecified atom stereocenters. The summed E-state index contributed by atoms with van der Waals surface area (Å²) in [4.78, 5) is 13.8. The lowest BCUT2D eigenvalue weighted by Crippen LogP contribution is -2.30. The van der Waals surface area contributed by atoms with Gasteiger partial charge in [-0.1, -0.05) is 35.5 Å². The number of hydrogen-bond donors (Lipinski definition) is 1. The molecule has 1 fully saturated rings. The molecular weight excluding hydrogens is 280 g/mol. The molecule has 2 heterocycles. The highest BCUT2D eigenvalue weighted by atomic mass is 16.5. The molecule has 1 aromatic heterocycles. The molecule has 112 valence electrons. The number of carbonyl (C=O) groups excluding carboxylic acids is 1. The van der Waals surface area contributed by atoms with Crippen LogP contribution in [-0.4, -0.2) is 35.6 Å². The molecule has 1 aromatic carbocycles. The maximum atomic E-state index is 12.1. The first-order chi connectivity index (χ1) is 10.8. The van der Waals surface area contributed by atoms with Crippen molar-refractivity contribution in [1.82, 2.24) is 15.4 Å². The molecule has 1 aliphatic heterocycles. The Balaban J connectivity index is 1.57. The quantitative estimate of drug-likeness (QED) is 0.871. The number of benzene rings is 1. The van der Waals surface area contributed by atoms with Crippen molar-refractivity contribution in [3.63, 3.8) is 0 Å². The van der Waals surface area contributed by atoms with Crippen molar-refractivity contribution in [2.24, 2.45) is 5.92 Å². The Morgan fingerprint density at radius 3 is 3.00 bits per heavy atom. The molecule has 1 N–H and O–H groups in total. The number of nitriles is 1. The fourth-order valence-electron chi connectivity index (χ4n) is 2.54. The molecule has 22 heavy (non-hydrogen) atoms. The molecule has 6 nitrogen and oxygen atoms in total. The van der Waals surface area contributed by atoms with Gasteiger partial charge in [-0.15, -0.1) is 0 Å². The van der Waals surface area contributed by atoms with Crippen molar-refractivity contribution in [3.05, 3.63) is 42.2 Å². The van der Waals surface area contributed by atoms with E-state index < -0.39 is 0 Å². The molecule has 0 saturated carbocycles. The average Bonchev–Trinajstić information content (AvgIpc) is 3.22. The number of rotatable bonds is 4. The second-order valence-corrected chi connectivity index (χ2v) is 5.35. The van der Waals surface area contributed by atoms with Gasteiger partial charge in [-0.05, 0) is 12.3 Å². The van der Waals surface area contributed by atoms with E-state index >= 15 is 0 Å². The number of nitrogens with one attached hydrogen (secondary N) is 1. The van der Waals surface area contributed by atoms with Gasteiger partial charge in [0.25, 0.3) is 5.91 Å². The summed E-state index contributed by atoms with van der Waals surface area (Å²) in [7, 11) is 0. The van der Waals surface area contributed by atoms with E-state index in [4.69, 9.17) is 9.78 Å². The zero-order valence-corrected chi connectivity index (χ0v) is 12.0. The second kappa shape index (κ2) is 6.31. The highest BCUT2D eigenvalue weighted by Crippen LogP contribution is 2.19. The van der Waals surface area contributed by atoms with Crippen molar-refractivity contribution in [2.45, 2.75) is 6.42 Å². The lowest BCUT2D eigenvalue weighted by Gasteiger charge is -2.09. The average molecular weight is 296 g/mol. The highest BCUT2D eigenvalue weighted by molar-refractivity contribution is 5.92. The van der Waals surface area contributed by atoms with Gasteiger partial charge in [-0.25, -0.2) is 0 Å². The van der Waals surface area contributed by atoms with Gasteiger partial charge in [0, 0.05) is 31.3 Å². The number of hydrogen-bond acceptors (Lipinski definition) is 5. The minimum atomic E-state index is -0.273. The highest BCUT2D eigenvalue weighted by Gasteiger charge is 2.22. The Hall–Kier alpha value is -2.81. The standard InChI is InChI=1S/C16H16N4O2/c17-11-20-7-6-12(10-20)9-18-16(21)15-8-14(19-22-15)13-4-2-1-3-5-13/h1-5,8,12H,6-7,9-10H2,(H,18,21). The Kier molecular flexibility index (Phi) is 4.05. The third-order valence-corrected chi connectivity index (χ3v) is 3.78. The minimum absolute atomic E-state index is 0.203. The smallest absolute Gasteiger partial charge is 0.289 e. The molecule has 0 radical (unpaired) electrons. The molecule has 1 saturated heterocycles. The summed E-state index contributed by atoms with van der Waals surface area (Å²) >= 11 is 0. The lowest BCUT2D eigenvalue weighted by molar-refractivity contribution is 0.0911. The number of amides is 1. The fraction of sp³-hybridized carbons (Fsp3) is 0.312. The Morgan fingerprint density at radius 1 is 1.45 bits per heavy atom. The van der Waals surface area contributed by atoms with E-state index in [1.165, 1.54) is 0 Å². The molecule has 0 spiro atoms. The van der Waals surface area contributed by atoms with Gasteiger partial charge in [0.2, 0.25) is 5.76 Å². The molecule has 2 aromatic rings. The van der Waals surface area contributed by atoms with E-state index in [0.29, 0.717) is 24.7 Å². The van der Waals surface area contributed by atoms with E-state index in [1.54, 1.807) is 11.0 Å². The fourth-order valence-corrected chi connectivity index (χ4v) is 2.54. The van der Waals surface area contributed by atoms with E-state index in [2.05, 4.69) is 16.7 Å². The van der Waals surface area contributed by atoms with Crippen molar-refractivity contribution in [2.75, 3.05) is 19.6 Å². The van der Waals surface area contributed by atoms with Gasteiger partial charge < -0.3 is 14.7 Å². The van der Waals surface area contributed by atoms with Crippen molar-refractivity contribution >= 4 is 5.91 Å². The zero-order valence-electron chi connectivity index (χ0n) is 12.0. The van der Waals surface area contributed by atoms with Gasteiger partial charge in [0.1, 0.15) is 5.69 Å². The van der Waals surface area contributed by atoms with Crippen LogP contribution in [0, 0.1) is 17.4 Å². The van der Waals surface area contributed by atoms with Crippen LogP contribution in [0.25, 0.3) is 11.3 Å². The van der Waals surface area contributed by atoms with Gasteiger partial charge in [-0.3, -0.25) is 4.79 Å². The predicted molar refractivity (Wildman–Crippen MR) is 79.6 cm³/mol. The largest absolute Gasteiger partial charge is 0.350 e. The van der Waals surface area contributed by atoms with Crippen LogP contribution in [0.1, 0.15) is 17.0 Å². The maximum Gasteiger partial charge on any atom is 0.289 e. The molecular formula is C16H16N4O2. The molecule has 6 heteroatoms. The van der Waals surface area contributed by atoms with Crippen molar-refractivity contribution < 1.29 is 9.32 Å². The second-order valence-electron chi connectivity index (χ2n) is 5.35. The van der Waals surface area contributed by atoms with E-state index in [9.17, 15) is 4.79 Å². The molecule has 1 amide bonds. The van der Waals surface area contributed by atoms with E-state index in [-0.39, 0.29) is 11.7 Å². The number of likely N-dealkylation sites (tertiary alicyclic amines) is 1. The van der Waals surface area contributed by atoms with Crippen LogP contribution in [0.5, 0.6) is 0 Å². The number of aromatic nitrogens is 1. The Labute approximate surface area is 128 Å². The summed E-state index contributed by atoms with van der Waals surface area (Å²) in [6, 6.07) is 11.2. The summed E-state index contributed by atoms with van der Waals surface area (Å²) in [5.41, 5.74) is 1.55. The van der Waals surface area contributed by atoms with Crippen LogP contribution >= 0.6 is 0 Å². The molecule has 1 aliphatic rings. The summed E-state index contributed by atoms with van der Waals surface area (Å²) < 4.78 is 5.11. The van der Waals surface area contributed by atoms with Crippen LogP contribution in [0.15, 0.2) is 40.9 Å². The molecule has 0 bridgehead atoms. The van der Waals surface area contributed by atoms with E-state index in [1.807, 2.05) is 30.3 Å². The van der Waals surface area contributed by atoms with Gasteiger partial charge >= 0.3 is 0 Å². The third-order valence-electron chi connectivity index (χ3n) is 3.78. The Bertz CT molecular complexity index is 690. The van der Waals surface area contributed by atoms with Gasteiger partial charge in [-0.2, -0.15) is 5.26 Å². The van der Waals surface area contributed by atoms with Crippen LogP contribution in [0.3, 0.4) is 0 Å². The van der Waals surface area contributed by atoms with Crippen molar-refractivity contribution in [1.29, 1.82) is 5.26 Å². The SMILES string of the molecule is N#CN1CCC(CNC(=O)c2cc(-c3ccccc3)no2)C1. The summed E-state index contributed by atoms with van der Waals surface area (Å²) in [6.07, 6.45) is 3.04. The zero-order chi connectivity index (χ0) is 15.4. The third kappa shape index (κ3) is 3.09. The van der Waals surface area contributed by atoms with Crippen molar-refractivity contribution in [3.8, 4) is 17.5 Å². The monoisotopic (exact) mass is 296 g/mol. The Morgan fingerprint density at radius 2 is 2.27 bits per heavy atom. The normalized spacial score (nSPS) is 17.2. The number of nitrogens with zero attached hydrogens (tertiary/aromatic N) is 3. The number of carbonyl (C=O) groups is 1. The van der Waals surface area contributed by atoms with Crippen LogP contribution in [0.4, 0.5) is 0 Å². The van der Waals surface area contributed by atoms with Crippen LogP contribution in [0.2, 0.25) is 0 Å². The predicted octanol–water partition coefficient (Wildman–Crippen LogP) is 1.87. The topological polar surface area (TPSA) is 82.2 Å². The first kappa shape index (κ1) is 14.1. The molecule has 3 rings (SSSR count).